The Morgan fingerprint density at radius 1 is 0.606 bits per heavy atom. The minimum Gasteiger partial charge on any atom is -0.393 e. The molecule has 5 aliphatic carbocycles. The highest BCUT2D eigenvalue weighted by atomic mass is 16.4. The Morgan fingerprint density at radius 2 is 1.24 bits per heavy atom. The van der Waals surface area contributed by atoms with Gasteiger partial charge in [0.25, 0.3) is 0 Å². The maximum atomic E-state index is 12.0. The van der Waals surface area contributed by atoms with Gasteiger partial charge in [0.1, 0.15) is 0 Å². The van der Waals surface area contributed by atoms with E-state index in [2.05, 4.69) is 41.5 Å². The molecule has 11 atom stereocenters. The van der Waals surface area contributed by atoms with Crippen molar-refractivity contribution >= 4 is 0 Å². The molecule has 5 fully saturated rings. The molecule has 5 rings (SSSR count). The standard InChI is InChI=1S/C30H52O3/c1-24(2)20-11-14-28(6)21(26(20,4)13-12-22(24)31)10-9-19-23-25(3,15-17-27(19,28)5)16-18-29(7,32)30(23,8)33/h19-23,31-33H,9-18H2,1-8H3/t19-,20+,21-,22-,23+,25+,26+,27-,28-,29+,30+/m1/s1. The van der Waals surface area contributed by atoms with Gasteiger partial charge in [-0.25, -0.2) is 0 Å². The fraction of sp³-hybridized carbons (Fsp3) is 1.00. The molecular formula is C30H52O3. The zero-order chi connectivity index (χ0) is 24.5. The SMILES string of the molecule is CC1(C)[C@H](O)CC[C@]2(C)[C@H]3CC[C@@H]4[C@H]5[C@](C)(CC[C@](C)(O)[C@@]5(C)O)CC[C@@]4(C)[C@]3(C)CC[C@@H]12. The fourth-order valence-corrected chi connectivity index (χ4v) is 11.6. The van der Waals surface area contributed by atoms with Crippen molar-refractivity contribution in [2.75, 3.05) is 0 Å². The number of hydrogen-bond donors (Lipinski definition) is 3. The lowest BCUT2D eigenvalue weighted by Crippen LogP contribution is -2.72. The van der Waals surface area contributed by atoms with Crippen LogP contribution in [-0.2, 0) is 0 Å². The number of rotatable bonds is 0. The topological polar surface area (TPSA) is 60.7 Å². The highest BCUT2D eigenvalue weighted by Gasteiger charge is 2.72. The largest absolute Gasteiger partial charge is 0.393 e. The summed E-state index contributed by atoms with van der Waals surface area (Å²) in [4.78, 5) is 0. The maximum Gasteiger partial charge on any atom is 0.0938 e. The number of hydrogen-bond acceptors (Lipinski definition) is 3. The van der Waals surface area contributed by atoms with Gasteiger partial charge in [0.15, 0.2) is 0 Å². The Bertz CT molecular complexity index is 815. The second-order valence-corrected chi connectivity index (χ2v) is 15.6. The van der Waals surface area contributed by atoms with Gasteiger partial charge in [-0.2, -0.15) is 0 Å². The van der Waals surface area contributed by atoms with Crippen LogP contribution in [-0.4, -0.2) is 32.6 Å². The summed E-state index contributed by atoms with van der Waals surface area (Å²) in [6.45, 7) is 18.7. The van der Waals surface area contributed by atoms with Crippen LogP contribution in [0, 0.1) is 50.7 Å². The lowest BCUT2D eigenvalue weighted by Gasteiger charge is -2.74. The Morgan fingerprint density at radius 3 is 1.91 bits per heavy atom. The van der Waals surface area contributed by atoms with Gasteiger partial charge >= 0.3 is 0 Å². The summed E-state index contributed by atoms with van der Waals surface area (Å²) in [5, 5.41) is 34.2. The zero-order valence-electron chi connectivity index (χ0n) is 22.8. The van der Waals surface area contributed by atoms with Crippen molar-refractivity contribution in [1.29, 1.82) is 0 Å². The molecule has 0 spiro atoms. The van der Waals surface area contributed by atoms with Gasteiger partial charge < -0.3 is 15.3 Å². The molecule has 0 aromatic carbocycles. The molecule has 0 radical (unpaired) electrons. The van der Waals surface area contributed by atoms with Crippen LogP contribution in [0.25, 0.3) is 0 Å². The lowest BCUT2D eigenvalue weighted by atomic mass is 9.31. The number of aliphatic hydroxyl groups excluding tert-OH is 1. The lowest BCUT2D eigenvalue weighted by molar-refractivity contribution is -0.297. The second-order valence-electron chi connectivity index (χ2n) is 15.6. The third-order valence-electron chi connectivity index (χ3n) is 14.2. The molecule has 0 amide bonds. The van der Waals surface area contributed by atoms with Crippen molar-refractivity contribution in [2.24, 2.45) is 50.7 Å². The normalized spacial score (nSPS) is 62.5. The van der Waals surface area contributed by atoms with Crippen molar-refractivity contribution in [3.05, 3.63) is 0 Å². The van der Waals surface area contributed by atoms with Gasteiger partial charge in [0, 0.05) is 0 Å². The minimum absolute atomic E-state index is 0.0109. The van der Waals surface area contributed by atoms with E-state index in [4.69, 9.17) is 0 Å². The van der Waals surface area contributed by atoms with Crippen LogP contribution in [0.15, 0.2) is 0 Å². The zero-order valence-corrected chi connectivity index (χ0v) is 22.8. The van der Waals surface area contributed by atoms with Gasteiger partial charge in [-0.1, -0.05) is 41.5 Å². The molecule has 0 aliphatic heterocycles. The summed E-state index contributed by atoms with van der Waals surface area (Å²) < 4.78 is 0. The van der Waals surface area contributed by atoms with E-state index in [0.717, 1.165) is 19.3 Å². The third-order valence-corrected chi connectivity index (χ3v) is 14.2. The minimum atomic E-state index is -1.05. The molecule has 3 N–H and O–H groups in total. The van der Waals surface area contributed by atoms with E-state index >= 15 is 0 Å². The molecule has 5 aliphatic rings. The van der Waals surface area contributed by atoms with Gasteiger partial charge in [-0.15, -0.1) is 0 Å². The van der Waals surface area contributed by atoms with E-state index in [0.29, 0.717) is 24.2 Å². The summed E-state index contributed by atoms with van der Waals surface area (Å²) in [5.41, 5.74) is -1.23. The van der Waals surface area contributed by atoms with Crippen LogP contribution in [0.1, 0.15) is 120 Å². The molecule has 0 aromatic rings. The Hall–Kier alpha value is -0.120. The molecule has 0 aromatic heterocycles. The Labute approximate surface area is 203 Å². The summed E-state index contributed by atoms with van der Waals surface area (Å²) >= 11 is 0. The molecule has 0 saturated heterocycles. The van der Waals surface area contributed by atoms with E-state index < -0.39 is 11.2 Å². The van der Waals surface area contributed by atoms with Crippen LogP contribution in [0.4, 0.5) is 0 Å². The molecule has 0 heterocycles. The van der Waals surface area contributed by atoms with Gasteiger partial charge in [0.05, 0.1) is 17.3 Å². The first-order valence-corrected chi connectivity index (χ1v) is 14.1. The van der Waals surface area contributed by atoms with E-state index in [1.807, 2.05) is 13.8 Å². The van der Waals surface area contributed by atoms with Gasteiger partial charge in [-0.3, -0.25) is 0 Å². The third kappa shape index (κ3) is 2.80. The van der Waals surface area contributed by atoms with Crippen LogP contribution in [0.5, 0.6) is 0 Å². The van der Waals surface area contributed by atoms with Gasteiger partial charge in [0.2, 0.25) is 0 Å². The summed E-state index contributed by atoms with van der Waals surface area (Å²) in [6, 6.07) is 0. The molecule has 5 saturated carbocycles. The molecule has 3 heteroatoms. The van der Waals surface area contributed by atoms with E-state index in [9.17, 15) is 15.3 Å². The smallest absolute Gasteiger partial charge is 0.0938 e. The first-order chi connectivity index (χ1) is 15.0. The van der Waals surface area contributed by atoms with Crippen LogP contribution >= 0.6 is 0 Å². The summed E-state index contributed by atoms with van der Waals surface area (Å²) in [7, 11) is 0. The quantitative estimate of drug-likeness (QED) is 0.395. The van der Waals surface area contributed by atoms with E-state index in [-0.39, 0.29) is 39.1 Å². The fourth-order valence-electron chi connectivity index (χ4n) is 11.6. The second kappa shape index (κ2) is 6.80. The summed E-state index contributed by atoms with van der Waals surface area (Å²) in [6.07, 6.45) is 10.9. The molecule has 3 nitrogen and oxygen atoms in total. The number of fused-ring (bicyclic) bond motifs is 7. The van der Waals surface area contributed by atoms with Crippen LogP contribution in [0.3, 0.4) is 0 Å². The maximum absolute atomic E-state index is 12.0. The van der Waals surface area contributed by atoms with Crippen molar-refractivity contribution in [3.8, 4) is 0 Å². The van der Waals surface area contributed by atoms with Crippen molar-refractivity contribution in [1.82, 2.24) is 0 Å². The number of aliphatic hydroxyl groups is 3. The first-order valence-electron chi connectivity index (χ1n) is 14.1. The predicted octanol–water partition coefficient (Wildman–Crippen LogP) is 6.33. The van der Waals surface area contributed by atoms with E-state index in [1.165, 1.54) is 38.5 Å². The highest BCUT2D eigenvalue weighted by molar-refractivity contribution is 5.21. The highest BCUT2D eigenvalue weighted by Crippen LogP contribution is 2.77. The van der Waals surface area contributed by atoms with Crippen LogP contribution < -0.4 is 0 Å². The average molecular weight is 461 g/mol. The Kier molecular flexibility index (Phi) is 5.06. The van der Waals surface area contributed by atoms with Crippen LogP contribution in [0.2, 0.25) is 0 Å². The van der Waals surface area contributed by atoms with Crippen molar-refractivity contribution < 1.29 is 15.3 Å². The van der Waals surface area contributed by atoms with Crippen molar-refractivity contribution in [2.45, 2.75) is 137 Å². The predicted molar refractivity (Wildman–Crippen MR) is 134 cm³/mol. The Balaban J connectivity index is 1.57. The molecular weight excluding hydrogens is 408 g/mol. The molecule has 0 unspecified atom stereocenters. The van der Waals surface area contributed by atoms with Crippen molar-refractivity contribution in [3.63, 3.8) is 0 Å². The summed E-state index contributed by atoms with van der Waals surface area (Å²) in [5.74, 6) is 1.87. The molecule has 33 heavy (non-hydrogen) atoms. The first kappa shape index (κ1) is 24.6. The monoisotopic (exact) mass is 460 g/mol. The van der Waals surface area contributed by atoms with E-state index in [1.54, 1.807) is 0 Å². The average Bonchev–Trinajstić information content (AvgIpc) is 2.70. The molecule has 0 bridgehead atoms. The molecule has 190 valence electrons. The van der Waals surface area contributed by atoms with Gasteiger partial charge in [-0.05, 0) is 129 Å².